The van der Waals surface area contributed by atoms with Crippen molar-refractivity contribution in [3.8, 4) is 0 Å². The molecule has 1 rings (SSSR count). The van der Waals surface area contributed by atoms with E-state index in [1.165, 1.54) is 0 Å². The van der Waals surface area contributed by atoms with E-state index in [1.807, 2.05) is 0 Å². The lowest BCUT2D eigenvalue weighted by atomic mass is 10.1. The molecule has 8 nitrogen and oxygen atoms in total. The van der Waals surface area contributed by atoms with Crippen LogP contribution in [-0.2, 0) is 25.9 Å². The summed E-state index contributed by atoms with van der Waals surface area (Å²) in [5.74, 6) is -7.30. The zero-order chi connectivity index (χ0) is 11.4. The van der Waals surface area contributed by atoms with E-state index in [0.29, 0.717) is 0 Å². The molecule has 0 aromatic carbocycles. The van der Waals surface area contributed by atoms with Crippen LogP contribution in [0.4, 0.5) is 0 Å². The van der Waals surface area contributed by atoms with Crippen LogP contribution in [0.25, 0.3) is 0 Å². The molecule has 2 unspecified atom stereocenters. The predicted octanol–water partition coefficient (Wildman–Crippen LogP) is -3.30. The van der Waals surface area contributed by atoms with Gasteiger partial charge in [-0.2, -0.15) is 0 Å². The number of nitrogens with two attached hydrogens (primary N) is 1. The summed E-state index contributed by atoms with van der Waals surface area (Å²) in [5.41, 5.74) is 1.57. The Morgan fingerprint density at radius 3 is 2.07 bits per heavy atom. The number of rotatable bonds is 3. The minimum Gasteiger partial charge on any atom is -0.365 e. The molecule has 1 fully saturated rings. The monoisotopic (exact) mass is 243 g/mol. The van der Waals surface area contributed by atoms with Gasteiger partial charge in [0.25, 0.3) is 18.2 Å². The van der Waals surface area contributed by atoms with Gasteiger partial charge in [0.2, 0.25) is 0 Å². The third-order valence-electron chi connectivity index (χ3n) is 1.56. The number of primary amides is 1. The first kappa shape index (κ1) is 11.7. The first-order valence-electron chi connectivity index (χ1n) is 3.11. The standard InChI is InChI=1S/C4H6NO7PS/c5-2(7)3(8,9)1(6)4(10)12-13(4,11)14/h8-10H,(H2,5,7)(H,11,14). The lowest BCUT2D eigenvalue weighted by molar-refractivity contribution is -0.200. The maximum Gasteiger partial charge on any atom is 0.316 e. The van der Waals surface area contributed by atoms with Crippen LogP contribution < -0.4 is 5.73 Å². The Morgan fingerprint density at radius 2 is 1.86 bits per heavy atom. The summed E-state index contributed by atoms with van der Waals surface area (Å²) < 4.78 is 4.05. The Labute approximate surface area is 82.1 Å². The zero-order valence-electron chi connectivity index (χ0n) is 6.45. The minimum atomic E-state index is -3.79. The molecule has 1 amide bonds. The highest BCUT2D eigenvalue weighted by Crippen LogP contribution is 2.74. The first-order valence-corrected chi connectivity index (χ1v) is 5.78. The predicted molar refractivity (Wildman–Crippen MR) is 43.9 cm³/mol. The number of carbonyl (C=O) groups excluding carboxylic acids is 2. The molecule has 0 bridgehead atoms. The maximum absolute atomic E-state index is 11.0. The van der Waals surface area contributed by atoms with Gasteiger partial charge in [-0.25, -0.2) is 0 Å². The number of hydrogen-bond donors (Lipinski definition) is 5. The van der Waals surface area contributed by atoms with Gasteiger partial charge in [-0.05, 0) is 11.8 Å². The van der Waals surface area contributed by atoms with Gasteiger partial charge in [0.05, 0.1) is 0 Å². The second-order valence-corrected chi connectivity index (χ2v) is 5.90. The molecule has 2 atom stereocenters. The van der Waals surface area contributed by atoms with Crippen molar-refractivity contribution in [2.24, 2.45) is 5.73 Å². The van der Waals surface area contributed by atoms with Gasteiger partial charge in [0.1, 0.15) is 0 Å². The van der Waals surface area contributed by atoms with E-state index < -0.39 is 29.5 Å². The van der Waals surface area contributed by atoms with Gasteiger partial charge >= 0.3 is 11.3 Å². The SMILES string of the molecule is NC(=O)C(O)(O)C(=O)C1(O)OP1(O)=S. The third kappa shape index (κ3) is 1.39. The highest BCUT2D eigenvalue weighted by Gasteiger charge is 2.73. The lowest BCUT2D eigenvalue weighted by Crippen LogP contribution is -2.55. The van der Waals surface area contributed by atoms with Crippen molar-refractivity contribution >= 4 is 30.0 Å². The smallest absolute Gasteiger partial charge is 0.316 e. The first-order chi connectivity index (χ1) is 6.06. The van der Waals surface area contributed by atoms with Crippen molar-refractivity contribution < 1.29 is 34.3 Å². The van der Waals surface area contributed by atoms with Crippen LogP contribution in [0.15, 0.2) is 0 Å². The molecule has 1 saturated heterocycles. The third-order valence-corrected chi connectivity index (χ3v) is 3.93. The number of aliphatic hydroxyl groups is 3. The highest BCUT2D eigenvalue weighted by atomic mass is 32.5. The summed E-state index contributed by atoms with van der Waals surface area (Å²) in [6.07, 6.45) is 0. The molecule has 14 heavy (non-hydrogen) atoms. The topological polar surface area (TPSA) is 154 Å². The van der Waals surface area contributed by atoms with Crippen molar-refractivity contribution in [2.75, 3.05) is 0 Å². The molecule has 0 aliphatic carbocycles. The summed E-state index contributed by atoms with van der Waals surface area (Å²) >= 11 is 4.20. The van der Waals surface area contributed by atoms with Crippen LogP contribution in [0.1, 0.15) is 0 Å². The second-order valence-electron chi connectivity index (χ2n) is 2.59. The average molecular weight is 243 g/mol. The van der Waals surface area contributed by atoms with Crippen LogP contribution in [0, 0.1) is 0 Å². The Kier molecular flexibility index (Phi) is 2.33. The number of carbonyl (C=O) groups is 2. The average Bonchev–Trinajstić information content (AvgIpc) is 2.50. The number of Topliss-reactive ketones (excluding diaryl/α,β-unsaturated/α-hetero) is 1. The van der Waals surface area contributed by atoms with E-state index in [1.54, 1.807) is 0 Å². The normalized spacial score (nSPS) is 36.6. The van der Waals surface area contributed by atoms with Crippen molar-refractivity contribution in [3.63, 3.8) is 0 Å². The van der Waals surface area contributed by atoms with Crippen molar-refractivity contribution in [1.82, 2.24) is 0 Å². The highest BCUT2D eigenvalue weighted by molar-refractivity contribution is 8.13. The number of ketones is 1. The van der Waals surface area contributed by atoms with Crippen LogP contribution in [0.3, 0.4) is 0 Å². The molecule has 0 radical (unpaired) electrons. The molecule has 0 saturated carbocycles. The summed E-state index contributed by atoms with van der Waals surface area (Å²) in [6.45, 7) is -3.79. The quantitative estimate of drug-likeness (QED) is 0.149. The van der Waals surface area contributed by atoms with Gasteiger partial charge in [-0.3, -0.25) is 14.1 Å². The van der Waals surface area contributed by atoms with Gasteiger partial charge in [0, 0.05) is 0 Å². The lowest BCUT2D eigenvalue weighted by Gasteiger charge is -2.16. The van der Waals surface area contributed by atoms with E-state index in [4.69, 9.17) is 20.2 Å². The van der Waals surface area contributed by atoms with Crippen LogP contribution in [0.5, 0.6) is 0 Å². The molecule has 1 aliphatic rings. The summed E-state index contributed by atoms with van der Waals surface area (Å²) in [7, 11) is 0. The Hall–Kier alpha value is -0.410. The fourth-order valence-electron chi connectivity index (χ4n) is 0.661. The maximum atomic E-state index is 11.0. The Morgan fingerprint density at radius 1 is 1.50 bits per heavy atom. The van der Waals surface area contributed by atoms with E-state index in [2.05, 4.69) is 22.1 Å². The van der Waals surface area contributed by atoms with Gasteiger partial charge in [-0.1, -0.05) is 0 Å². The summed E-state index contributed by atoms with van der Waals surface area (Å²) in [4.78, 5) is 30.3. The van der Waals surface area contributed by atoms with Crippen molar-refractivity contribution in [2.45, 2.75) is 11.3 Å². The summed E-state index contributed by atoms with van der Waals surface area (Å²) in [6, 6.07) is 0. The molecule has 80 valence electrons. The molecule has 0 aromatic heterocycles. The van der Waals surface area contributed by atoms with Crippen LogP contribution >= 0.6 is 6.49 Å². The minimum absolute atomic E-state index is 1.80. The molecule has 10 heteroatoms. The Bertz CT molecular complexity index is 360. The van der Waals surface area contributed by atoms with Gasteiger partial charge in [0.15, 0.2) is 0 Å². The zero-order valence-corrected chi connectivity index (χ0v) is 8.16. The fourth-order valence-corrected chi connectivity index (χ4v) is 2.43. The van der Waals surface area contributed by atoms with E-state index in [-0.39, 0.29) is 0 Å². The van der Waals surface area contributed by atoms with E-state index in [0.717, 1.165) is 0 Å². The van der Waals surface area contributed by atoms with E-state index in [9.17, 15) is 9.59 Å². The van der Waals surface area contributed by atoms with Gasteiger partial charge < -0.3 is 25.9 Å². The largest absolute Gasteiger partial charge is 0.365 e. The fraction of sp³-hybridized carbons (Fsp3) is 0.500. The molecule has 0 spiro atoms. The Balaban J connectivity index is 3.00. The number of amides is 1. The van der Waals surface area contributed by atoms with Crippen molar-refractivity contribution in [3.05, 3.63) is 0 Å². The summed E-state index contributed by atoms with van der Waals surface area (Å²) in [5, 5.41) is 26.7. The van der Waals surface area contributed by atoms with Crippen molar-refractivity contribution in [1.29, 1.82) is 0 Å². The van der Waals surface area contributed by atoms with Crippen LogP contribution in [0.2, 0.25) is 0 Å². The van der Waals surface area contributed by atoms with E-state index >= 15 is 0 Å². The molecular weight excluding hydrogens is 237 g/mol. The molecule has 0 aromatic rings. The molecule has 6 N–H and O–H groups in total. The van der Waals surface area contributed by atoms with Crippen LogP contribution in [-0.4, -0.2) is 43.2 Å². The molecule has 1 heterocycles. The van der Waals surface area contributed by atoms with Gasteiger partial charge in [-0.15, -0.1) is 0 Å². The number of hydrogen-bond acceptors (Lipinski definition) is 7. The molecular formula is C4H6NO7PS. The second kappa shape index (κ2) is 2.80. The molecule has 1 aliphatic heterocycles.